The van der Waals surface area contributed by atoms with Gasteiger partial charge in [0.15, 0.2) is 5.78 Å². The van der Waals surface area contributed by atoms with Gasteiger partial charge in [0, 0.05) is 11.6 Å². The standard InChI is InChI=1S/C16H12O4/c1-2-19-16(18)11-5-3-10(4-6-11)15(17)13-8-7-12-9-14(13)20-12/h3-9H,2H2,1H3. The van der Waals surface area contributed by atoms with Gasteiger partial charge in [0.05, 0.1) is 17.7 Å². The van der Waals surface area contributed by atoms with Gasteiger partial charge in [-0.1, -0.05) is 12.1 Å². The molecule has 4 rings (SSSR count). The van der Waals surface area contributed by atoms with Crippen molar-refractivity contribution in [1.29, 1.82) is 0 Å². The van der Waals surface area contributed by atoms with Gasteiger partial charge in [0.25, 0.3) is 0 Å². The molecule has 100 valence electrons. The summed E-state index contributed by atoms with van der Waals surface area (Å²) in [5.41, 5.74) is 1.48. The zero-order valence-electron chi connectivity index (χ0n) is 10.9. The molecule has 4 nitrogen and oxygen atoms in total. The largest absolute Gasteiger partial charge is 0.462 e. The van der Waals surface area contributed by atoms with Crippen LogP contribution in [0.4, 0.5) is 0 Å². The van der Waals surface area contributed by atoms with Crippen LogP contribution in [0.25, 0.3) is 0 Å². The summed E-state index contributed by atoms with van der Waals surface area (Å²) >= 11 is 0. The molecular formula is C16H12O4. The lowest BCUT2D eigenvalue weighted by molar-refractivity contribution is 0.0526. The third-order valence-corrected chi connectivity index (χ3v) is 3.08. The summed E-state index contributed by atoms with van der Waals surface area (Å²) in [6.07, 6.45) is 0. The summed E-state index contributed by atoms with van der Waals surface area (Å²) in [6.45, 7) is 2.08. The molecular weight excluding hydrogens is 256 g/mol. The summed E-state index contributed by atoms with van der Waals surface area (Å²) in [7, 11) is 0. The van der Waals surface area contributed by atoms with Crippen LogP contribution in [0.15, 0.2) is 42.5 Å². The van der Waals surface area contributed by atoms with E-state index in [1.54, 1.807) is 43.3 Å². The van der Waals surface area contributed by atoms with Gasteiger partial charge in [-0.15, -0.1) is 0 Å². The highest BCUT2D eigenvalue weighted by atomic mass is 16.5. The number of hydrogen-bond acceptors (Lipinski definition) is 4. The quantitative estimate of drug-likeness (QED) is 0.538. The maximum Gasteiger partial charge on any atom is 0.338 e. The Kier molecular flexibility index (Phi) is 2.99. The molecule has 0 amide bonds. The number of carbonyl (C=O) groups is 2. The van der Waals surface area contributed by atoms with E-state index < -0.39 is 0 Å². The van der Waals surface area contributed by atoms with Crippen LogP contribution in [-0.4, -0.2) is 18.4 Å². The van der Waals surface area contributed by atoms with Crippen LogP contribution in [-0.2, 0) is 4.74 Å². The Morgan fingerprint density at radius 1 is 1.05 bits per heavy atom. The predicted molar refractivity (Wildman–Crippen MR) is 72.3 cm³/mol. The van der Waals surface area contributed by atoms with Gasteiger partial charge in [0.1, 0.15) is 11.5 Å². The topological polar surface area (TPSA) is 52.6 Å². The summed E-state index contributed by atoms with van der Waals surface area (Å²) in [5.74, 6) is 0.860. The van der Waals surface area contributed by atoms with E-state index in [1.807, 2.05) is 6.07 Å². The molecule has 0 spiro atoms. The van der Waals surface area contributed by atoms with Gasteiger partial charge in [-0.2, -0.15) is 0 Å². The fraction of sp³-hybridized carbons (Fsp3) is 0.125. The number of fused-ring (bicyclic) bond motifs is 2. The number of hydrogen-bond donors (Lipinski definition) is 0. The molecule has 0 unspecified atom stereocenters. The minimum absolute atomic E-state index is 0.123. The van der Waals surface area contributed by atoms with Gasteiger partial charge >= 0.3 is 5.97 Å². The monoisotopic (exact) mass is 268 g/mol. The molecule has 0 aromatic heterocycles. The van der Waals surface area contributed by atoms with Gasteiger partial charge in [-0.05, 0) is 31.2 Å². The van der Waals surface area contributed by atoms with Gasteiger partial charge in [0.2, 0.25) is 0 Å². The Hall–Kier alpha value is -2.62. The Morgan fingerprint density at radius 3 is 2.25 bits per heavy atom. The molecule has 20 heavy (non-hydrogen) atoms. The molecule has 0 saturated heterocycles. The number of ketones is 1. The molecule has 0 atom stereocenters. The average molecular weight is 268 g/mol. The SMILES string of the molecule is CCOC(=O)c1ccc(C(=O)c2ccc3cc2O3)cc1. The van der Waals surface area contributed by atoms with Crippen LogP contribution in [0.3, 0.4) is 0 Å². The van der Waals surface area contributed by atoms with Crippen LogP contribution >= 0.6 is 0 Å². The second-order valence-electron chi connectivity index (χ2n) is 4.39. The molecule has 2 aliphatic rings. The lowest BCUT2D eigenvalue weighted by Gasteiger charge is -2.19. The molecule has 0 fully saturated rings. The fourth-order valence-corrected chi connectivity index (χ4v) is 2.03. The summed E-state index contributed by atoms with van der Waals surface area (Å²) in [4.78, 5) is 23.8. The highest BCUT2D eigenvalue weighted by Gasteiger charge is 2.21. The average Bonchev–Trinajstić information content (AvgIpc) is 2.46. The summed E-state index contributed by atoms with van der Waals surface area (Å²) in [6, 6.07) is 11.7. The van der Waals surface area contributed by atoms with Crippen LogP contribution in [0.1, 0.15) is 33.2 Å². The van der Waals surface area contributed by atoms with Crippen molar-refractivity contribution in [1.82, 2.24) is 0 Å². The molecule has 2 aromatic rings. The highest BCUT2D eigenvalue weighted by molar-refractivity contribution is 6.11. The molecule has 0 saturated carbocycles. The van der Waals surface area contributed by atoms with Crippen molar-refractivity contribution < 1.29 is 19.1 Å². The van der Waals surface area contributed by atoms with Crippen molar-refractivity contribution in [2.45, 2.75) is 6.92 Å². The van der Waals surface area contributed by atoms with E-state index in [4.69, 9.17) is 9.47 Å². The molecule has 4 heteroatoms. The van der Waals surface area contributed by atoms with E-state index in [9.17, 15) is 9.59 Å². The van der Waals surface area contributed by atoms with E-state index in [1.165, 1.54) is 0 Å². The second-order valence-corrected chi connectivity index (χ2v) is 4.39. The van der Waals surface area contributed by atoms with Crippen molar-refractivity contribution in [3.63, 3.8) is 0 Å². The summed E-state index contributed by atoms with van der Waals surface area (Å²) < 4.78 is 10.2. The van der Waals surface area contributed by atoms with Crippen molar-refractivity contribution in [2.75, 3.05) is 6.61 Å². The van der Waals surface area contributed by atoms with E-state index in [0.29, 0.717) is 29.0 Å². The Balaban J connectivity index is 1.83. The maximum atomic E-state index is 12.3. The van der Waals surface area contributed by atoms with Crippen molar-refractivity contribution in [3.8, 4) is 11.5 Å². The predicted octanol–water partition coefficient (Wildman–Crippen LogP) is 3.20. The van der Waals surface area contributed by atoms with E-state index in [-0.39, 0.29) is 11.8 Å². The number of ether oxygens (including phenoxy) is 2. The molecule has 0 N–H and O–H groups in total. The normalized spacial score (nSPS) is 11.2. The van der Waals surface area contributed by atoms with E-state index in [2.05, 4.69) is 0 Å². The first-order chi connectivity index (χ1) is 9.69. The van der Waals surface area contributed by atoms with E-state index in [0.717, 1.165) is 5.75 Å². The number of carbonyl (C=O) groups excluding carboxylic acids is 2. The zero-order chi connectivity index (χ0) is 14.1. The fourth-order valence-electron chi connectivity index (χ4n) is 2.03. The lowest BCUT2D eigenvalue weighted by atomic mass is 9.99. The first-order valence-electron chi connectivity index (χ1n) is 6.33. The molecule has 2 aliphatic heterocycles. The minimum atomic E-state index is -0.388. The Bertz CT molecular complexity index is 682. The van der Waals surface area contributed by atoms with Crippen LogP contribution in [0.2, 0.25) is 0 Å². The van der Waals surface area contributed by atoms with Crippen molar-refractivity contribution in [3.05, 3.63) is 59.2 Å². The minimum Gasteiger partial charge on any atom is -0.462 e. The molecule has 0 radical (unpaired) electrons. The smallest absolute Gasteiger partial charge is 0.338 e. The highest BCUT2D eigenvalue weighted by Crippen LogP contribution is 2.38. The van der Waals surface area contributed by atoms with E-state index >= 15 is 0 Å². The van der Waals surface area contributed by atoms with Crippen molar-refractivity contribution >= 4 is 11.8 Å². The first kappa shape index (κ1) is 12.4. The molecule has 2 aromatic carbocycles. The number of benzene rings is 2. The van der Waals surface area contributed by atoms with Gasteiger partial charge in [-0.3, -0.25) is 4.79 Å². The number of esters is 1. The Morgan fingerprint density at radius 2 is 1.70 bits per heavy atom. The Labute approximate surface area is 115 Å². The first-order valence-corrected chi connectivity index (χ1v) is 6.33. The van der Waals surface area contributed by atoms with Crippen LogP contribution < -0.4 is 4.74 Å². The number of rotatable bonds is 4. The van der Waals surface area contributed by atoms with Crippen LogP contribution in [0.5, 0.6) is 11.5 Å². The maximum absolute atomic E-state index is 12.3. The third-order valence-electron chi connectivity index (χ3n) is 3.08. The van der Waals surface area contributed by atoms with Crippen molar-refractivity contribution in [2.24, 2.45) is 0 Å². The van der Waals surface area contributed by atoms with Gasteiger partial charge < -0.3 is 9.47 Å². The molecule has 0 aliphatic carbocycles. The second kappa shape index (κ2) is 4.81. The third kappa shape index (κ3) is 2.05. The lowest BCUT2D eigenvalue weighted by Crippen LogP contribution is -2.09. The van der Waals surface area contributed by atoms with Gasteiger partial charge in [-0.25, -0.2) is 4.79 Å². The summed E-state index contributed by atoms with van der Waals surface area (Å²) in [5, 5.41) is 0. The molecule has 2 heterocycles. The molecule has 2 bridgehead atoms. The zero-order valence-corrected chi connectivity index (χ0v) is 10.9. The van der Waals surface area contributed by atoms with Crippen LogP contribution in [0, 0.1) is 0 Å².